The standard InChI is InChI=1S/C19H21F3N2O4/c20-19(21,22)13-7-5-11(6-8-13)17-14(10-26)16(24-28-17)18(27)23-15-4-2-1-3-12(15)9-25/h5-8,12,15,25-26H,1-4,9-10H2,(H,23,27)/t12-,15-/m0/s1. The largest absolute Gasteiger partial charge is 0.416 e. The van der Waals surface area contributed by atoms with E-state index in [1.807, 2.05) is 0 Å². The highest BCUT2D eigenvalue weighted by Gasteiger charge is 2.31. The molecule has 9 heteroatoms. The molecule has 1 amide bonds. The van der Waals surface area contributed by atoms with E-state index in [9.17, 15) is 28.2 Å². The first-order valence-corrected chi connectivity index (χ1v) is 9.04. The van der Waals surface area contributed by atoms with Gasteiger partial charge in [-0.2, -0.15) is 13.2 Å². The summed E-state index contributed by atoms with van der Waals surface area (Å²) in [5, 5.41) is 25.7. The Morgan fingerprint density at radius 3 is 2.46 bits per heavy atom. The van der Waals surface area contributed by atoms with Gasteiger partial charge in [-0.25, -0.2) is 0 Å². The van der Waals surface area contributed by atoms with E-state index in [2.05, 4.69) is 10.5 Å². The van der Waals surface area contributed by atoms with Crippen molar-refractivity contribution in [2.75, 3.05) is 6.61 Å². The van der Waals surface area contributed by atoms with Crippen molar-refractivity contribution < 1.29 is 32.7 Å². The second-order valence-electron chi connectivity index (χ2n) is 6.88. The van der Waals surface area contributed by atoms with Gasteiger partial charge in [-0.3, -0.25) is 4.79 Å². The first-order valence-electron chi connectivity index (χ1n) is 9.04. The van der Waals surface area contributed by atoms with Gasteiger partial charge in [-0.15, -0.1) is 0 Å². The van der Waals surface area contributed by atoms with Crippen LogP contribution in [0.1, 0.15) is 47.3 Å². The van der Waals surface area contributed by atoms with Crippen LogP contribution in [0.25, 0.3) is 11.3 Å². The highest BCUT2D eigenvalue weighted by atomic mass is 19.4. The normalized spacial score (nSPS) is 20.2. The van der Waals surface area contributed by atoms with Crippen LogP contribution in [0.5, 0.6) is 0 Å². The third-order valence-electron chi connectivity index (χ3n) is 5.10. The van der Waals surface area contributed by atoms with Gasteiger partial charge in [-0.05, 0) is 25.0 Å². The number of alkyl halides is 3. The number of aliphatic hydroxyl groups excluding tert-OH is 2. The number of benzene rings is 1. The number of aliphatic hydroxyl groups is 2. The number of halogens is 3. The molecule has 0 aliphatic heterocycles. The molecule has 6 nitrogen and oxygen atoms in total. The molecule has 28 heavy (non-hydrogen) atoms. The van der Waals surface area contributed by atoms with Gasteiger partial charge in [0.2, 0.25) is 0 Å². The zero-order chi connectivity index (χ0) is 20.3. The van der Waals surface area contributed by atoms with Crippen molar-refractivity contribution in [3.05, 3.63) is 41.1 Å². The quantitative estimate of drug-likeness (QED) is 0.719. The van der Waals surface area contributed by atoms with Crippen LogP contribution in [0, 0.1) is 5.92 Å². The highest BCUT2D eigenvalue weighted by Crippen LogP contribution is 2.33. The number of nitrogens with zero attached hydrogens (tertiary/aromatic N) is 1. The first-order chi connectivity index (χ1) is 13.3. The molecular formula is C19H21F3N2O4. The molecule has 1 fully saturated rings. The summed E-state index contributed by atoms with van der Waals surface area (Å²) in [6, 6.07) is 3.99. The van der Waals surface area contributed by atoms with Crippen LogP contribution in [0.2, 0.25) is 0 Å². The van der Waals surface area contributed by atoms with Crippen LogP contribution < -0.4 is 5.32 Å². The van der Waals surface area contributed by atoms with E-state index in [-0.39, 0.29) is 41.1 Å². The summed E-state index contributed by atoms with van der Waals surface area (Å²) in [7, 11) is 0. The smallest absolute Gasteiger partial charge is 0.396 e. The minimum absolute atomic E-state index is 0.0343. The summed E-state index contributed by atoms with van der Waals surface area (Å²) in [5.41, 5.74) is -0.547. The fourth-order valence-electron chi connectivity index (χ4n) is 3.52. The van der Waals surface area contributed by atoms with Crippen LogP contribution in [-0.4, -0.2) is 33.9 Å². The lowest BCUT2D eigenvalue weighted by molar-refractivity contribution is -0.137. The number of amides is 1. The van der Waals surface area contributed by atoms with Crippen LogP contribution in [0.15, 0.2) is 28.8 Å². The molecule has 1 saturated carbocycles. The lowest BCUT2D eigenvalue weighted by atomic mass is 9.85. The summed E-state index contributed by atoms with van der Waals surface area (Å²) < 4.78 is 43.3. The van der Waals surface area contributed by atoms with Gasteiger partial charge in [0.25, 0.3) is 5.91 Å². The second-order valence-corrected chi connectivity index (χ2v) is 6.88. The zero-order valence-corrected chi connectivity index (χ0v) is 15.0. The maximum absolute atomic E-state index is 12.7. The number of hydrogen-bond acceptors (Lipinski definition) is 5. The molecule has 0 radical (unpaired) electrons. The van der Waals surface area contributed by atoms with E-state index < -0.39 is 24.3 Å². The summed E-state index contributed by atoms with van der Waals surface area (Å²) >= 11 is 0. The topological polar surface area (TPSA) is 95.6 Å². The molecule has 3 N–H and O–H groups in total. The summed E-state index contributed by atoms with van der Waals surface area (Å²) in [4.78, 5) is 12.6. The molecule has 0 spiro atoms. The average Bonchev–Trinajstić information content (AvgIpc) is 3.12. The van der Waals surface area contributed by atoms with Crippen molar-refractivity contribution in [1.29, 1.82) is 0 Å². The van der Waals surface area contributed by atoms with Gasteiger partial charge in [0, 0.05) is 24.1 Å². The van der Waals surface area contributed by atoms with Crippen molar-refractivity contribution >= 4 is 5.91 Å². The molecule has 0 saturated heterocycles. The van der Waals surface area contributed by atoms with Crippen LogP contribution in [0.3, 0.4) is 0 Å². The van der Waals surface area contributed by atoms with Gasteiger partial charge < -0.3 is 20.1 Å². The van der Waals surface area contributed by atoms with E-state index >= 15 is 0 Å². The molecule has 2 atom stereocenters. The summed E-state index contributed by atoms with van der Waals surface area (Å²) in [6.07, 6.45) is -1.00. The maximum atomic E-state index is 12.7. The Bertz CT molecular complexity index is 818. The van der Waals surface area contributed by atoms with Crippen LogP contribution in [-0.2, 0) is 12.8 Å². The van der Waals surface area contributed by atoms with E-state index in [0.717, 1.165) is 37.8 Å². The third-order valence-corrected chi connectivity index (χ3v) is 5.10. The molecule has 1 aliphatic carbocycles. The van der Waals surface area contributed by atoms with Crippen LogP contribution in [0.4, 0.5) is 13.2 Å². The van der Waals surface area contributed by atoms with Crippen molar-refractivity contribution in [3.63, 3.8) is 0 Å². The van der Waals surface area contributed by atoms with Crippen molar-refractivity contribution in [1.82, 2.24) is 10.5 Å². The van der Waals surface area contributed by atoms with E-state index in [0.29, 0.717) is 0 Å². The molecular weight excluding hydrogens is 377 g/mol. The Balaban J connectivity index is 1.82. The monoisotopic (exact) mass is 398 g/mol. The molecule has 1 aliphatic rings. The predicted octanol–water partition coefficient (Wildman–Crippen LogP) is 3.13. The number of carbonyl (C=O) groups excluding carboxylic acids is 1. The molecule has 0 unspecified atom stereocenters. The summed E-state index contributed by atoms with van der Waals surface area (Å²) in [5.74, 6) is -0.545. The fraction of sp³-hybridized carbons (Fsp3) is 0.474. The molecule has 1 aromatic heterocycles. The minimum Gasteiger partial charge on any atom is -0.396 e. The Kier molecular flexibility index (Phi) is 6.04. The van der Waals surface area contributed by atoms with Crippen molar-refractivity contribution in [3.8, 4) is 11.3 Å². The maximum Gasteiger partial charge on any atom is 0.416 e. The Labute approximate surface area is 159 Å². The van der Waals surface area contributed by atoms with E-state index in [1.165, 1.54) is 12.1 Å². The zero-order valence-electron chi connectivity index (χ0n) is 15.0. The number of hydrogen-bond donors (Lipinski definition) is 3. The van der Waals surface area contributed by atoms with Crippen LogP contribution >= 0.6 is 0 Å². The molecule has 152 valence electrons. The number of rotatable bonds is 5. The van der Waals surface area contributed by atoms with Gasteiger partial charge in [0.1, 0.15) is 0 Å². The van der Waals surface area contributed by atoms with E-state index in [4.69, 9.17) is 4.52 Å². The van der Waals surface area contributed by atoms with Gasteiger partial charge in [0.15, 0.2) is 11.5 Å². The molecule has 1 heterocycles. The SMILES string of the molecule is O=C(N[C@H]1CCCC[C@H]1CO)c1noc(-c2ccc(C(F)(F)F)cc2)c1CO. The van der Waals surface area contributed by atoms with Gasteiger partial charge >= 0.3 is 6.18 Å². The second kappa shape index (κ2) is 8.32. The number of carbonyl (C=O) groups is 1. The Morgan fingerprint density at radius 2 is 1.86 bits per heavy atom. The van der Waals surface area contributed by atoms with E-state index in [1.54, 1.807) is 0 Å². The Morgan fingerprint density at radius 1 is 1.18 bits per heavy atom. The third kappa shape index (κ3) is 4.20. The lowest BCUT2D eigenvalue weighted by Gasteiger charge is -2.30. The average molecular weight is 398 g/mol. The fourth-order valence-corrected chi connectivity index (χ4v) is 3.52. The predicted molar refractivity (Wildman–Crippen MR) is 93.2 cm³/mol. The Hall–Kier alpha value is -2.39. The van der Waals surface area contributed by atoms with Gasteiger partial charge in [-0.1, -0.05) is 30.1 Å². The molecule has 0 bridgehead atoms. The van der Waals surface area contributed by atoms with Crippen molar-refractivity contribution in [2.45, 2.75) is 44.5 Å². The number of nitrogens with one attached hydrogen (secondary N) is 1. The van der Waals surface area contributed by atoms with Gasteiger partial charge in [0.05, 0.1) is 17.7 Å². The number of aromatic nitrogens is 1. The molecule has 2 aromatic rings. The van der Waals surface area contributed by atoms with Crippen molar-refractivity contribution in [2.24, 2.45) is 5.92 Å². The minimum atomic E-state index is -4.46. The molecule has 3 rings (SSSR count). The highest BCUT2D eigenvalue weighted by molar-refractivity contribution is 5.95. The first kappa shape index (κ1) is 20.3. The summed E-state index contributed by atoms with van der Waals surface area (Å²) in [6.45, 7) is -0.593. The lowest BCUT2D eigenvalue weighted by Crippen LogP contribution is -2.43. The molecule has 1 aromatic carbocycles.